The van der Waals surface area contributed by atoms with Crippen LogP contribution in [-0.2, 0) is 4.79 Å². The Kier molecular flexibility index (Phi) is 4.63. The number of aliphatic carboxylic acids is 1. The zero-order chi connectivity index (χ0) is 13.9. The van der Waals surface area contributed by atoms with Gasteiger partial charge in [-0.1, -0.05) is 13.3 Å². The van der Waals surface area contributed by atoms with Crippen LogP contribution in [0.3, 0.4) is 0 Å². The summed E-state index contributed by atoms with van der Waals surface area (Å²) in [5.74, 6) is -0.600. The normalized spacial score (nSPS) is 21.2. The summed E-state index contributed by atoms with van der Waals surface area (Å²) in [5.41, 5.74) is 0.878. The predicted octanol–water partition coefficient (Wildman–Crippen LogP) is 3.78. The van der Waals surface area contributed by atoms with E-state index in [1.807, 2.05) is 0 Å². The summed E-state index contributed by atoms with van der Waals surface area (Å²) in [5, 5.41) is 13.8. The Morgan fingerprint density at radius 2 is 2.21 bits per heavy atom. The van der Waals surface area contributed by atoms with Crippen molar-refractivity contribution in [2.45, 2.75) is 45.6 Å². The van der Waals surface area contributed by atoms with Gasteiger partial charge in [-0.3, -0.25) is 9.69 Å². The minimum atomic E-state index is -0.600. The molecule has 1 fully saturated rings. The van der Waals surface area contributed by atoms with Gasteiger partial charge in [0.1, 0.15) is 0 Å². The summed E-state index contributed by atoms with van der Waals surface area (Å²) in [7, 11) is 0. The van der Waals surface area contributed by atoms with E-state index < -0.39 is 11.4 Å². The van der Waals surface area contributed by atoms with Gasteiger partial charge in [0.05, 0.1) is 5.41 Å². The maximum Gasteiger partial charge on any atom is 0.309 e. The zero-order valence-corrected chi connectivity index (χ0v) is 12.6. The van der Waals surface area contributed by atoms with E-state index in [2.05, 4.69) is 35.6 Å². The van der Waals surface area contributed by atoms with Crippen molar-refractivity contribution in [1.29, 1.82) is 0 Å². The first-order valence-electron chi connectivity index (χ1n) is 7.08. The largest absolute Gasteiger partial charge is 0.481 e. The van der Waals surface area contributed by atoms with Crippen LogP contribution in [0.4, 0.5) is 0 Å². The summed E-state index contributed by atoms with van der Waals surface area (Å²) < 4.78 is 0. The van der Waals surface area contributed by atoms with Crippen molar-refractivity contribution in [1.82, 2.24) is 4.90 Å². The number of nitrogens with zero attached hydrogens (tertiary/aromatic N) is 1. The smallest absolute Gasteiger partial charge is 0.309 e. The first kappa shape index (κ1) is 14.5. The quantitative estimate of drug-likeness (QED) is 0.893. The number of carbonyl (C=O) groups is 1. The number of piperidine rings is 1. The van der Waals surface area contributed by atoms with Crippen molar-refractivity contribution in [3.05, 3.63) is 22.4 Å². The molecule has 2 rings (SSSR count). The van der Waals surface area contributed by atoms with E-state index in [0.717, 1.165) is 38.8 Å². The molecule has 0 amide bonds. The lowest BCUT2D eigenvalue weighted by Gasteiger charge is -2.41. The molecule has 0 spiro atoms. The third kappa shape index (κ3) is 3.00. The second kappa shape index (κ2) is 6.06. The molecular formula is C15H23NO2S. The van der Waals surface area contributed by atoms with E-state index in [0.29, 0.717) is 6.04 Å². The molecule has 0 aromatic carbocycles. The molecule has 1 saturated heterocycles. The van der Waals surface area contributed by atoms with Crippen LogP contribution in [0.2, 0.25) is 0 Å². The molecule has 1 aromatic heterocycles. The lowest BCUT2D eigenvalue weighted by atomic mass is 9.74. The summed E-state index contributed by atoms with van der Waals surface area (Å²) in [6.07, 6.45) is 3.32. The van der Waals surface area contributed by atoms with Crippen LogP contribution in [0.1, 0.15) is 51.1 Å². The minimum absolute atomic E-state index is 0.402. The van der Waals surface area contributed by atoms with Crippen LogP contribution in [0.5, 0.6) is 0 Å². The maximum atomic E-state index is 11.6. The van der Waals surface area contributed by atoms with Gasteiger partial charge in [-0.05, 0) is 61.7 Å². The van der Waals surface area contributed by atoms with Crippen LogP contribution < -0.4 is 0 Å². The maximum absolute atomic E-state index is 11.6. The van der Waals surface area contributed by atoms with Gasteiger partial charge >= 0.3 is 5.97 Å². The molecule has 0 aliphatic carbocycles. The predicted molar refractivity (Wildman–Crippen MR) is 78.5 cm³/mol. The molecule has 106 valence electrons. The molecule has 19 heavy (non-hydrogen) atoms. The van der Waals surface area contributed by atoms with Crippen molar-refractivity contribution in [2.75, 3.05) is 13.1 Å². The lowest BCUT2D eigenvalue weighted by molar-refractivity contribution is -0.153. The summed E-state index contributed by atoms with van der Waals surface area (Å²) in [6.45, 7) is 6.08. The van der Waals surface area contributed by atoms with Gasteiger partial charge in [0.2, 0.25) is 0 Å². The standard InChI is InChI=1S/C15H23NO2S/c1-3-5-15(14(17)18)6-8-16(9-7-15)12(2)13-4-10-19-11-13/h4,10-12H,3,5-9H2,1-2H3,(H,17,18). The van der Waals surface area contributed by atoms with Gasteiger partial charge in [-0.25, -0.2) is 0 Å². The highest BCUT2D eigenvalue weighted by Gasteiger charge is 2.41. The topological polar surface area (TPSA) is 40.5 Å². The van der Waals surface area contributed by atoms with Crippen molar-refractivity contribution >= 4 is 17.3 Å². The highest BCUT2D eigenvalue weighted by Crippen LogP contribution is 2.38. The molecule has 0 bridgehead atoms. The van der Waals surface area contributed by atoms with E-state index >= 15 is 0 Å². The number of hydrogen-bond donors (Lipinski definition) is 1. The number of hydrogen-bond acceptors (Lipinski definition) is 3. The third-order valence-corrected chi connectivity index (χ3v) is 5.21. The fraction of sp³-hybridized carbons (Fsp3) is 0.667. The molecule has 1 atom stereocenters. The Labute approximate surface area is 119 Å². The molecule has 1 aromatic rings. The molecule has 3 nitrogen and oxygen atoms in total. The molecule has 1 unspecified atom stereocenters. The average Bonchev–Trinajstić information content (AvgIpc) is 2.93. The number of thiophene rings is 1. The first-order valence-corrected chi connectivity index (χ1v) is 8.03. The Bertz CT molecular complexity index is 408. The molecule has 0 saturated carbocycles. The zero-order valence-electron chi connectivity index (χ0n) is 11.8. The fourth-order valence-corrected chi connectivity index (χ4v) is 3.86. The number of rotatable bonds is 5. The van der Waals surface area contributed by atoms with Gasteiger partial charge < -0.3 is 5.11 Å². The van der Waals surface area contributed by atoms with Crippen LogP contribution in [0.15, 0.2) is 16.8 Å². The van der Waals surface area contributed by atoms with Crippen molar-refractivity contribution in [2.24, 2.45) is 5.41 Å². The number of carboxylic acids is 1. The van der Waals surface area contributed by atoms with E-state index in [4.69, 9.17) is 0 Å². The van der Waals surface area contributed by atoms with Gasteiger partial charge in [-0.15, -0.1) is 0 Å². The van der Waals surface area contributed by atoms with Crippen molar-refractivity contribution in [3.8, 4) is 0 Å². The van der Waals surface area contributed by atoms with E-state index in [1.54, 1.807) is 11.3 Å². The summed E-state index contributed by atoms with van der Waals surface area (Å²) >= 11 is 1.72. The summed E-state index contributed by atoms with van der Waals surface area (Å²) in [4.78, 5) is 14.0. The third-order valence-electron chi connectivity index (χ3n) is 4.51. The monoisotopic (exact) mass is 281 g/mol. The Balaban J connectivity index is 2.00. The summed E-state index contributed by atoms with van der Waals surface area (Å²) in [6, 6.07) is 2.57. The van der Waals surface area contributed by atoms with Crippen molar-refractivity contribution < 1.29 is 9.90 Å². The SMILES string of the molecule is CCCC1(C(=O)O)CCN(C(C)c2ccsc2)CC1. The molecule has 1 aliphatic heterocycles. The Hall–Kier alpha value is -0.870. The van der Waals surface area contributed by atoms with Gasteiger partial charge in [-0.2, -0.15) is 11.3 Å². The molecule has 1 aliphatic rings. The lowest BCUT2D eigenvalue weighted by Crippen LogP contribution is -2.45. The van der Waals surface area contributed by atoms with Crippen LogP contribution in [0.25, 0.3) is 0 Å². The molecule has 4 heteroatoms. The average molecular weight is 281 g/mol. The minimum Gasteiger partial charge on any atom is -0.481 e. The molecule has 2 heterocycles. The number of carboxylic acid groups (broad SMARTS) is 1. The second-order valence-corrected chi connectivity index (χ2v) is 6.38. The highest BCUT2D eigenvalue weighted by molar-refractivity contribution is 7.07. The Morgan fingerprint density at radius 3 is 2.68 bits per heavy atom. The van der Waals surface area contributed by atoms with Gasteiger partial charge in [0.15, 0.2) is 0 Å². The van der Waals surface area contributed by atoms with Crippen LogP contribution in [0, 0.1) is 5.41 Å². The number of likely N-dealkylation sites (tertiary alicyclic amines) is 1. The second-order valence-electron chi connectivity index (χ2n) is 5.60. The van der Waals surface area contributed by atoms with Gasteiger partial charge in [0.25, 0.3) is 0 Å². The van der Waals surface area contributed by atoms with E-state index in [-0.39, 0.29) is 0 Å². The highest BCUT2D eigenvalue weighted by atomic mass is 32.1. The molecule has 0 radical (unpaired) electrons. The Morgan fingerprint density at radius 1 is 1.53 bits per heavy atom. The van der Waals surface area contributed by atoms with E-state index in [9.17, 15) is 9.90 Å². The van der Waals surface area contributed by atoms with Crippen molar-refractivity contribution in [3.63, 3.8) is 0 Å². The molecule has 1 N–H and O–H groups in total. The fourth-order valence-electron chi connectivity index (χ4n) is 3.11. The van der Waals surface area contributed by atoms with Crippen LogP contribution >= 0.6 is 11.3 Å². The molecular weight excluding hydrogens is 258 g/mol. The van der Waals surface area contributed by atoms with E-state index in [1.165, 1.54) is 5.56 Å². The first-order chi connectivity index (χ1) is 9.09. The van der Waals surface area contributed by atoms with Gasteiger partial charge in [0, 0.05) is 6.04 Å². The van der Waals surface area contributed by atoms with Crippen LogP contribution in [-0.4, -0.2) is 29.1 Å².